The SMILES string of the molecule is COCC1(CNC(=O)c2cnn(Cc3ccccc3Cl)c2)CCNCC1.Cl. The van der Waals surface area contributed by atoms with Gasteiger partial charge in [0, 0.05) is 30.3 Å². The summed E-state index contributed by atoms with van der Waals surface area (Å²) < 4.78 is 7.12. The largest absolute Gasteiger partial charge is 0.384 e. The van der Waals surface area contributed by atoms with Crippen molar-refractivity contribution in [2.45, 2.75) is 19.4 Å². The molecule has 1 fully saturated rings. The molecule has 2 aromatic rings. The number of carbonyl (C=O) groups is 1. The zero-order chi connectivity index (χ0) is 18.4. The maximum Gasteiger partial charge on any atom is 0.254 e. The Morgan fingerprint density at radius 2 is 2.11 bits per heavy atom. The van der Waals surface area contributed by atoms with Crippen molar-refractivity contribution in [3.63, 3.8) is 0 Å². The number of hydrogen-bond acceptors (Lipinski definition) is 4. The molecular formula is C19H26Cl2N4O2. The van der Waals surface area contributed by atoms with Crippen molar-refractivity contribution in [1.29, 1.82) is 0 Å². The first-order chi connectivity index (χ1) is 12.6. The standard InChI is InChI=1S/C19H25ClN4O2.ClH/c1-26-14-19(6-8-21-9-7-19)13-22-18(25)16-10-23-24(12-16)11-15-4-2-3-5-17(15)20;/h2-5,10,12,21H,6-9,11,13-14H2,1H3,(H,22,25);1H. The number of rotatable bonds is 7. The Morgan fingerprint density at radius 3 is 2.81 bits per heavy atom. The highest BCUT2D eigenvalue weighted by Gasteiger charge is 2.32. The second-order valence-corrected chi connectivity index (χ2v) is 7.29. The number of halogens is 2. The van der Waals surface area contributed by atoms with Gasteiger partial charge in [-0.15, -0.1) is 12.4 Å². The first kappa shape index (κ1) is 21.7. The van der Waals surface area contributed by atoms with Gasteiger partial charge in [-0.1, -0.05) is 29.8 Å². The van der Waals surface area contributed by atoms with Gasteiger partial charge in [-0.25, -0.2) is 0 Å². The lowest BCUT2D eigenvalue weighted by molar-refractivity contribution is 0.0511. The van der Waals surface area contributed by atoms with Gasteiger partial charge in [0.25, 0.3) is 5.91 Å². The molecule has 27 heavy (non-hydrogen) atoms. The highest BCUT2D eigenvalue weighted by molar-refractivity contribution is 6.31. The Morgan fingerprint density at radius 1 is 1.37 bits per heavy atom. The summed E-state index contributed by atoms with van der Waals surface area (Å²) in [6.45, 7) is 3.70. The van der Waals surface area contributed by atoms with Gasteiger partial charge in [0.15, 0.2) is 0 Å². The van der Waals surface area contributed by atoms with E-state index < -0.39 is 0 Å². The number of piperidine rings is 1. The zero-order valence-corrected chi connectivity index (χ0v) is 17.0. The number of carbonyl (C=O) groups excluding carboxylic acids is 1. The first-order valence-corrected chi connectivity index (χ1v) is 9.23. The molecule has 1 aliphatic rings. The van der Waals surface area contributed by atoms with E-state index in [1.807, 2.05) is 24.3 Å². The highest BCUT2D eigenvalue weighted by atomic mass is 35.5. The van der Waals surface area contributed by atoms with Gasteiger partial charge in [0.2, 0.25) is 0 Å². The molecule has 0 spiro atoms. The lowest BCUT2D eigenvalue weighted by Gasteiger charge is -2.37. The summed E-state index contributed by atoms with van der Waals surface area (Å²) in [5.41, 5.74) is 1.53. The summed E-state index contributed by atoms with van der Waals surface area (Å²) in [5, 5.41) is 11.4. The molecule has 2 heterocycles. The summed E-state index contributed by atoms with van der Waals surface area (Å²) in [5.74, 6) is -0.107. The molecule has 0 unspecified atom stereocenters. The third kappa shape index (κ3) is 5.69. The second-order valence-electron chi connectivity index (χ2n) is 6.88. The van der Waals surface area contributed by atoms with Crippen molar-refractivity contribution >= 4 is 29.9 Å². The molecule has 8 heteroatoms. The number of nitrogens with zero attached hydrogens (tertiary/aromatic N) is 2. The number of methoxy groups -OCH3 is 1. The molecule has 1 aromatic heterocycles. The second kappa shape index (κ2) is 10.1. The van der Waals surface area contributed by atoms with Crippen LogP contribution < -0.4 is 10.6 Å². The number of amides is 1. The van der Waals surface area contributed by atoms with E-state index in [1.54, 1.807) is 24.2 Å². The van der Waals surface area contributed by atoms with Crippen LogP contribution in [0.5, 0.6) is 0 Å². The fraction of sp³-hybridized carbons (Fsp3) is 0.474. The normalized spacial score (nSPS) is 15.8. The van der Waals surface area contributed by atoms with E-state index in [-0.39, 0.29) is 23.7 Å². The molecule has 2 N–H and O–H groups in total. The third-order valence-electron chi connectivity index (χ3n) is 4.92. The van der Waals surface area contributed by atoms with E-state index in [0.717, 1.165) is 31.5 Å². The number of nitrogens with one attached hydrogen (secondary N) is 2. The minimum Gasteiger partial charge on any atom is -0.384 e. The Bertz CT molecular complexity index is 739. The van der Waals surface area contributed by atoms with E-state index in [9.17, 15) is 4.79 Å². The Balaban J connectivity index is 0.00000261. The molecule has 1 aliphatic heterocycles. The minimum absolute atomic E-state index is 0. The molecular weight excluding hydrogens is 387 g/mol. The molecule has 1 aromatic carbocycles. The number of hydrogen-bond donors (Lipinski definition) is 2. The molecule has 0 bridgehead atoms. The fourth-order valence-corrected chi connectivity index (χ4v) is 3.57. The van der Waals surface area contributed by atoms with Crippen LogP contribution in [0.1, 0.15) is 28.8 Å². The van der Waals surface area contributed by atoms with Crippen LogP contribution in [0.3, 0.4) is 0 Å². The Kier molecular flexibility index (Phi) is 8.10. The highest BCUT2D eigenvalue weighted by Crippen LogP contribution is 2.28. The molecule has 1 saturated heterocycles. The van der Waals surface area contributed by atoms with E-state index in [1.165, 1.54) is 0 Å². The van der Waals surface area contributed by atoms with Crippen LogP contribution in [0.2, 0.25) is 5.02 Å². The van der Waals surface area contributed by atoms with E-state index in [0.29, 0.717) is 30.3 Å². The van der Waals surface area contributed by atoms with Crippen LogP contribution in [-0.2, 0) is 11.3 Å². The zero-order valence-electron chi connectivity index (χ0n) is 15.4. The minimum atomic E-state index is -0.107. The van der Waals surface area contributed by atoms with Gasteiger partial charge in [0.05, 0.1) is 24.9 Å². The topological polar surface area (TPSA) is 68.2 Å². The van der Waals surface area contributed by atoms with Gasteiger partial charge in [-0.05, 0) is 37.6 Å². The van der Waals surface area contributed by atoms with Gasteiger partial charge in [0.1, 0.15) is 0 Å². The lowest BCUT2D eigenvalue weighted by atomic mass is 9.79. The third-order valence-corrected chi connectivity index (χ3v) is 5.29. The van der Waals surface area contributed by atoms with Crippen molar-refractivity contribution in [2.24, 2.45) is 5.41 Å². The average molecular weight is 413 g/mol. The predicted molar refractivity (Wildman–Crippen MR) is 109 cm³/mol. The van der Waals surface area contributed by atoms with Crippen molar-refractivity contribution in [1.82, 2.24) is 20.4 Å². The Labute approximate surface area is 171 Å². The van der Waals surface area contributed by atoms with Gasteiger partial charge in [-0.3, -0.25) is 9.48 Å². The van der Waals surface area contributed by atoms with Crippen molar-refractivity contribution < 1.29 is 9.53 Å². The average Bonchev–Trinajstić information content (AvgIpc) is 3.11. The van der Waals surface area contributed by atoms with E-state index in [4.69, 9.17) is 16.3 Å². The molecule has 0 atom stereocenters. The van der Waals surface area contributed by atoms with Crippen LogP contribution in [0.25, 0.3) is 0 Å². The molecule has 148 valence electrons. The monoisotopic (exact) mass is 412 g/mol. The first-order valence-electron chi connectivity index (χ1n) is 8.86. The van der Waals surface area contributed by atoms with Gasteiger partial charge in [-0.2, -0.15) is 5.10 Å². The molecule has 0 saturated carbocycles. The van der Waals surface area contributed by atoms with Crippen LogP contribution in [-0.4, -0.2) is 49.0 Å². The molecule has 0 aliphatic carbocycles. The molecule has 1 amide bonds. The fourth-order valence-electron chi connectivity index (χ4n) is 3.37. The number of ether oxygens (including phenoxy) is 1. The summed E-state index contributed by atoms with van der Waals surface area (Å²) in [4.78, 5) is 12.5. The van der Waals surface area contributed by atoms with Crippen LogP contribution in [0.15, 0.2) is 36.7 Å². The number of aromatic nitrogens is 2. The van der Waals surface area contributed by atoms with Gasteiger partial charge < -0.3 is 15.4 Å². The van der Waals surface area contributed by atoms with E-state index >= 15 is 0 Å². The quantitative estimate of drug-likeness (QED) is 0.733. The number of benzene rings is 1. The Hall–Kier alpha value is -1.60. The summed E-state index contributed by atoms with van der Waals surface area (Å²) in [6, 6.07) is 7.63. The van der Waals surface area contributed by atoms with Crippen LogP contribution >= 0.6 is 24.0 Å². The summed E-state index contributed by atoms with van der Waals surface area (Å²) >= 11 is 6.19. The lowest BCUT2D eigenvalue weighted by Crippen LogP contribution is -2.47. The summed E-state index contributed by atoms with van der Waals surface area (Å²) in [6.07, 6.45) is 5.33. The van der Waals surface area contributed by atoms with Crippen molar-refractivity contribution in [2.75, 3.05) is 33.4 Å². The maximum atomic E-state index is 12.5. The maximum absolute atomic E-state index is 12.5. The smallest absolute Gasteiger partial charge is 0.254 e. The van der Waals surface area contributed by atoms with Crippen molar-refractivity contribution in [3.8, 4) is 0 Å². The summed E-state index contributed by atoms with van der Waals surface area (Å²) in [7, 11) is 1.71. The molecule has 3 rings (SSSR count). The van der Waals surface area contributed by atoms with E-state index in [2.05, 4.69) is 15.7 Å². The van der Waals surface area contributed by atoms with Crippen LogP contribution in [0, 0.1) is 5.41 Å². The van der Waals surface area contributed by atoms with Crippen molar-refractivity contribution in [3.05, 3.63) is 52.8 Å². The van der Waals surface area contributed by atoms with Crippen LogP contribution in [0.4, 0.5) is 0 Å². The molecule has 6 nitrogen and oxygen atoms in total. The predicted octanol–water partition coefficient (Wildman–Crippen LogP) is 2.75. The molecule has 0 radical (unpaired) electrons. The van der Waals surface area contributed by atoms with Gasteiger partial charge >= 0.3 is 0 Å².